The number of amides is 1. The minimum absolute atomic E-state index is 0.0993. The highest BCUT2D eigenvalue weighted by molar-refractivity contribution is 6.36. The van der Waals surface area contributed by atoms with E-state index in [0.717, 1.165) is 11.4 Å². The smallest absolute Gasteiger partial charge is 0.254 e. The van der Waals surface area contributed by atoms with Gasteiger partial charge in [0, 0.05) is 42.3 Å². The van der Waals surface area contributed by atoms with Gasteiger partial charge < -0.3 is 24.0 Å². The lowest BCUT2D eigenvalue weighted by molar-refractivity contribution is 0.0745. The maximum atomic E-state index is 13.1. The first-order chi connectivity index (χ1) is 16.4. The second-order valence-corrected chi connectivity index (χ2v) is 8.44. The number of carbonyl (C=O) groups excluding carboxylic acids is 1. The Hall–Kier alpha value is -3.23. The zero-order chi connectivity index (χ0) is 24.2. The number of aromatic nitrogens is 2. The molecule has 1 saturated heterocycles. The summed E-state index contributed by atoms with van der Waals surface area (Å²) in [6.07, 6.45) is 0. The molecule has 0 bridgehead atoms. The number of halogens is 2. The van der Waals surface area contributed by atoms with Gasteiger partial charge in [-0.15, -0.1) is 10.2 Å². The van der Waals surface area contributed by atoms with E-state index in [1.54, 1.807) is 29.2 Å². The third-order valence-corrected chi connectivity index (χ3v) is 6.21. The molecule has 0 saturated carbocycles. The van der Waals surface area contributed by atoms with Gasteiger partial charge in [0.2, 0.25) is 5.75 Å². The van der Waals surface area contributed by atoms with Crippen LogP contribution in [0.25, 0.3) is 11.3 Å². The predicted molar refractivity (Wildman–Crippen MR) is 132 cm³/mol. The van der Waals surface area contributed by atoms with Crippen molar-refractivity contribution >= 4 is 34.9 Å². The molecule has 8 nitrogen and oxygen atoms in total. The number of nitrogens with zero attached hydrogens (tertiary/aromatic N) is 4. The minimum atomic E-state index is -0.0993. The van der Waals surface area contributed by atoms with E-state index in [-0.39, 0.29) is 5.91 Å². The Morgan fingerprint density at radius 1 is 0.853 bits per heavy atom. The fraction of sp³-hybridized carbons (Fsp3) is 0.292. The number of ether oxygens (including phenoxy) is 3. The lowest BCUT2D eigenvalue weighted by Gasteiger charge is -2.35. The number of hydrogen-bond acceptors (Lipinski definition) is 7. The summed E-state index contributed by atoms with van der Waals surface area (Å²) in [7, 11) is 4.58. The number of hydrogen-bond donors (Lipinski definition) is 0. The molecule has 0 unspecified atom stereocenters. The SMILES string of the molecule is COc1cc(C(=O)N2CCN(c3ccc(-c4ccc(Cl)cc4Cl)nn3)CC2)cc(OC)c1OC. The molecule has 1 aromatic heterocycles. The molecule has 1 fully saturated rings. The van der Waals surface area contributed by atoms with Crippen molar-refractivity contribution in [1.29, 1.82) is 0 Å². The van der Waals surface area contributed by atoms with E-state index >= 15 is 0 Å². The van der Waals surface area contributed by atoms with Gasteiger partial charge in [-0.2, -0.15) is 0 Å². The topological polar surface area (TPSA) is 77.0 Å². The van der Waals surface area contributed by atoms with Crippen LogP contribution in [-0.2, 0) is 0 Å². The summed E-state index contributed by atoms with van der Waals surface area (Å²) < 4.78 is 16.1. The van der Waals surface area contributed by atoms with Gasteiger partial charge in [0.05, 0.1) is 32.0 Å². The molecule has 2 aromatic carbocycles. The minimum Gasteiger partial charge on any atom is -0.493 e. The zero-order valence-electron chi connectivity index (χ0n) is 19.0. The fourth-order valence-electron chi connectivity index (χ4n) is 3.86. The van der Waals surface area contributed by atoms with Crippen molar-refractivity contribution < 1.29 is 19.0 Å². The van der Waals surface area contributed by atoms with Crippen LogP contribution < -0.4 is 19.1 Å². The number of piperazine rings is 1. The average Bonchev–Trinajstić information content (AvgIpc) is 2.87. The van der Waals surface area contributed by atoms with E-state index in [0.29, 0.717) is 64.7 Å². The summed E-state index contributed by atoms with van der Waals surface area (Å²) >= 11 is 12.3. The van der Waals surface area contributed by atoms with Gasteiger partial charge in [-0.25, -0.2) is 0 Å². The maximum absolute atomic E-state index is 13.1. The third kappa shape index (κ3) is 4.83. The van der Waals surface area contributed by atoms with Crippen LogP contribution in [-0.4, -0.2) is 68.5 Å². The number of rotatable bonds is 6. The highest BCUT2D eigenvalue weighted by Crippen LogP contribution is 2.38. The normalized spacial score (nSPS) is 13.6. The summed E-state index contributed by atoms with van der Waals surface area (Å²) in [5.41, 5.74) is 1.92. The van der Waals surface area contributed by atoms with E-state index in [4.69, 9.17) is 37.4 Å². The first-order valence-electron chi connectivity index (χ1n) is 10.6. The molecular formula is C24H24Cl2N4O4. The van der Waals surface area contributed by atoms with Gasteiger partial charge >= 0.3 is 0 Å². The highest BCUT2D eigenvalue weighted by atomic mass is 35.5. The van der Waals surface area contributed by atoms with Gasteiger partial charge in [-0.1, -0.05) is 23.2 Å². The van der Waals surface area contributed by atoms with Crippen LogP contribution in [0.4, 0.5) is 5.82 Å². The van der Waals surface area contributed by atoms with Gasteiger partial charge in [0.15, 0.2) is 17.3 Å². The Morgan fingerprint density at radius 2 is 1.53 bits per heavy atom. The van der Waals surface area contributed by atoms with Crippen molar-refractivity contribution in [3.05, 3.63) is 58.1 Å². The average molecular weight is 503 g/mol. The Kier molecular flexibility index (Phi) is 7.29. The molecule has 1 amide bonds. The molecule has 34 heavy (non-hydrogen) atoms. The molecule has 178 valence electrons. The standard InChI is InChI=1S/C24H24Cl2N4O4/c1-32-20-12-15(13-21(33-2)23(20)34-3)24(31)30-10-8-29(9-11-30)22-7-6-19(27-28-22)17-5-4-16(25)14-18(17)26/h4-7,12-14H,8-11H2,1-3H3. The van der Waals surface area contributed by atoms with E-state index < -0.39 is 0 Å². The van der Waals surface area contributed by atoms with Gasteiger partial charge in [0.25, 0.3) is 5.91 Å². The second kappa shape index (κ2) is 10.4. The van der Waals surface area contributed by atoms with E-state index in [2.05, 4.69) is 15.1 Å². The summed E-state index contributed by atoms with van der Waals surface area (Å²) in [6.45, 7) is 2.35. The molecule has 1 aliphatic rings. The Balaban J connectivity index is 1.44. The molecule has 0 N–H and O–H groups in total. The molecular weight excluding hydrogens is 479 g/mol. The molecule has 0 radical (unpaired) electrons. The molecule has 0 spiro atoms. The van der Waals surface area contributed by atoms with Crippen LogP contribution >= 0.6 is 23.2 Å². The molecule has 0 aliphatic carbocycles. The van der Waals surface area contributed by atoms with Crippen LogP contribution in [0.5, 0.6) is 17.2 Å². The van der Waals surface area contributed by atoms with Crippen LogP contribution in [0.2, 0.25) is 10.0 Å². The zero-order valence-corrected chi connectivity index (χ0v) is 20.6. The Bertz CT molecular complexity index is 1160. The second-order valence-electron chi connectivity index (χ2n) is 7.59. The first kappa shape index (κ1) is 23.9. The number of anilines is 1. The molecule has 1 aliphatic heterocycles. The maximum Gasteiger partial charge on any atom is 0.254 e. The van der Waals surface area contributed by atoms with Crippen LogP contribution in [0.1, 0.15) is 10.4 Å². The number of methoxy groups -OCH3 is 3. The Labute approximate surface area is 207 Å². The number of carbonyl (C=O) groups is 1. The van der Waals surface area contributed by atoms with Crippen molar-refractivity contribution in [2.45, 2.75) is 0 Å². The number of benzene rings is 2. The first-order valence-corrected chi connectivity index (χ1v) is 11.3. The molecule has 3 aromatic rings. The summed E-state index contributed by atoms with van der Waals surface area (Å²) in [5.74, 6) is 1.99. The van der Waals surface area contributed by atoms with Gasteiger partial charge in [0.1, 0.15) is 0 Å². The lowest BCUT2D eigenvalue weighted by Crippen LogP contribution is -2.49. The van der Waals surface area contributed by atoms with Crippen molar-refractivity contribution in [2.24, 2.45) is 0 Å². The largest absolute Gasteiger partial charge is 0.493 e. The molecule has 0 atom stereocenters. The molecule has 4 rings (SSSR count). The van der Waals surface area contributed by atoms with Crippen LogP contribution in [0.3, 0.4) is 0 Å². The summed E-state index contributed by atoms with van der Waals surface area (Å²) in [5, 5.41) is 9.79. The van der Waals surface area contributed by atoms with Crippen molar-refractivity contribution in [3.63, 3.8) is 0 Å². The highest BCUT2D eigenvalue weighted by Gasteiger charge is 2.25. The van der Waals surface area contributed by atoms with E-state index in [1.165, 1.54) is 21.3 Å². The monoisotopic (exact) mass is 502 g/mol. The third-order valence-electron chi connectivity index (χ3n) is 5.66. The van der Waals surface area contributed by atoms with E-state index in [9.17, 15) is 4.79 Å². The predicted octanol–water partition coefficient (Wildman–Crippen LogP) is 4.44. The summed E-state index contributed by atoms with van der Waals surface area (Å²) in [6, 6.07) is 12.4. The van der Waals surface area contributed by atoms with Gasteiger partial charge in [-0.3, -0.25) is 4.79 Å². The fourth-order valence-corrected chi connectivity index (χ4v) is 4.37. The van der Waals surface area contributed by atoms with Gasteiger partial charge in [-0.05, 0) is 42.5 Å². The quantitative estimate of drug-likeness (QED) is 0.492. The van der Waals surface area contributed by atoms with Crippen molar-refractivity contribution in [2.75, 3.05) is 52.4 Å². The van der Waals surface area contributed by atoms with E-state index in [1.807, 2.05) is 18.2 Å². The van der Waals surface area contributed by atoms with Crippen LogP contribution in [0, 0.1) is 0 Å². The summed E-state index contributed by atoms with van der Waals surface area (Å²) in [4.78, 5) is 17.0. The lowest BCUT2D eigenvalue weighted by atomic mass is 10.1. The Morgan fingerprint density at radius 3 is 2.06 bits per heavy atom. The molecule has 10 heteroatoms. The van der Waals surface area contributed by atoms with Crippen molar-refractivity contribution in [3.8, 4) is 28.5 Å². The van der Waals surface area contributed by atoms with Crippen molar-refractivity contribution in [1.82, 2.24) is 15.1 Å². The molecule has 2 heterocycles. The van der Waals surface area contributed by atoms with Crippen LogP contribution in [0.15, 0.2) is 42.5 Å².